The molecule has 8 heteroatoms. The van der Waals surface area contributed by atoms with Gasteiger partial charge in [0.15, 0.2) is 0 Å². The quantitative estimate of drug-likeness (QED) is 0.544. The second-order valence-electron chi connectivity index (χ2n) is 2.63. The molecule has 0 radical (unpaired) electrons. The van der Waals surface area contributed by atoms with E-state index in [0.29, 0.717) is 0 Å². The molecule has 0 atom stereocenters. The standard InChI is InChI=1S/C7H5N5O3/c13-7-5(12(14)15)6(9-3-10-7)11-2-1-8-4-11/h1-4H,(H,9,10,13). The van der Waals surface area contributed by atoms with E-state index in [1.165, 1.54) is 23.3 Å². The second kappa shape index (κ2) is 3.33. The number of H-pyrrole nitrogens is 1. The zero-order valence-corrected chi connectivity index (χ0v) is 7.32. The Morgan fingerprint density at radius 3 is 2.93 bits per heavy atom. The van der Waals surface area contributed by atoms with Gasteiger partial charge in [-0.25, -0.2) is 9.97 Å². The molecule has 0 saturated carbocycles. The molecule has 2 aromatic rings. The molecule has 0 aliphatic heterocycles. The highest BCUT2D eigenvalue weighted by Gasteiger charge is 2.21. The van der Waals surface area contributed by atoms with E-state index in [-0.39, 0.29) is 5.82 Å². The number of hydrogen-bond acceptors (Lipinski definition) is 5. The van der Waals surface area contributed by atoms with Crippen LogP contribution in [0.25, 0.3) is 5.82 Å². The third kappa shape index (κ3) is 1.47. The Morgan fingerprint density at radius 2 is 2.33 bits per heavy atom. The van der Waals surface area contributed by atoms with Gasteiger partial charge in [-0.3, -0.25) is 19.5 Å². The first-order valence-electron chi connectivity index (χ1n) is 3.90. The normalized spacial score (nSPS) is 10.1. The third-order valence-electron chi connectivity index (χ3n) is 1.74. The summed E-state index contributed by atoms with van der Waals surface area (Å²) in [5.41, 5.74) is -1.39. The van der Waals surface area contributed by atoms with Crippen molar-refractivity contribution in [2.75, 3.05) is 0 Å². The molecule has 2 heterocycles. The summed E-state index contributed by atoms with van der Waals surface area (Å²) in [6.45, 7) is 0. The fraction of sp³-hybridized carbons (Fsp3) is 0. The molecule has 8 nitrogen and oxygen atoms in total. The summed E-state index contributed by atoms with van der Waals surface area (Å²) in [6, 6.07) is 0. The topological polar surface area (TPSA) is 107 Å². The smallest absolute Gasteiger partial charge is 0.307 e. The molecule has 0 aromatic carbocycles. The first-order valence-corrected chi connectivity index (χ1v) is 3.90. The first kappa shape index (κ1) is 9.06. The van der Waals surface area contributed by atoms with Gasteiger partial charge in [0.05, 0.1) is 11.3 Å². The van der Waals surface area contributed by atoms with Gasteiger partial charge in [-0.2, -0.15) is 0 Å². The molecule has 0 aliphatic carbocycles. The van der Waals surface area contributed by atoms with Gasteiger partial charge < -0.3 is 4.98 Å². The van der Waals surface area contributed by atoms with Crippen molar-refractivity contribution in [2.45, 2.75) is 0 Å². The van der Waals surface area contributed by atoms with Crippen LogP contribution in [-0.2, 0) is 0 Å². The molecule has 0 spiro atoms. The van der Waals surface area contributed by atoms with Crippen LogP contribution in [0.4, 0.5) is 5.69 Å². The van der Waals surface area contributed by atoms with Crippen LogP contribution in [0.5, 0.6) is 0 Å². The Balaban J connectivity index is 2.72. The summed E-state index contributed by atoms with van der Waals surface area (Å²) >= 11 is 0. The number of imidazole rings is 1. The van der Waals surface area contributed by atoms with E-state index in [1.54, 1.807) is 0 Å². The molecule has 0 bridgehead atoms. The Morgan fingerprint density at radius 1 is 1.53 bits per heavy atom. The zero-order chi connectivity index (χ0) is 10.8. The maximum atomic E-state index is 11.2. The van der Waals surface area contributed by atoms with Gasteiger partial charge in [0.2, 0.25) is 5.82 Å². The lowest BCUT2D eigenvalue weighted by Gasteiger charge is -1.99. The summed E-state index contributed by atoms with van der Waals surface area (Å²) in [4.78, 5) is 30.7. The minimum Gasteiger partial charge on any atom is -0.307 e. The molecule has 76 valence electrons. The zero-order valence-electron chi connectivity index (χ0n) is 7.32. The van der Waals surface area contributed by atoms with Gasteiger partial charge in [-0.1, -0.05) is 0 Å². The molecule has 0 fully saturated rings. The largest absolute Gasteiger partial charge is 0.376 e. The predicted molar refractivity (Wildman–Crippen MR) is 48.6 cm³/mol. The monoisotopic (exact) mass is 207 g/mol. The van der Waals surface area contributed by atoms with Gasteiger partial charge in [0.25, 0.3) is 0 Å². The van der Waals surface area contributed by atoms with Crippen LogP contribution in [-0.4, -0.2) is 24.4 Å². The average molecular weight is 207 g/mol. The number of nitro groups is 1. The van der Waals surface area contributed by atoms with Crippen molar-refractivity contribution < 1.29 is 4.92 Å². The first-order chi connectivity index (χ1) is 7.20. The van der Waals surface area contributed by atoms with Crippen molar-refractivity contribution in [3.8, 4) is 5.82 Å². The van der Waals surface area contributed by atoms with Crippen molar-refractivity contribution >= 4 is 5.69 Å². The Bertz CT molecular complexity index is 544. The highest BCUT2D eigenvalue weighted by Crippen LogP contribution is 2.13. The second-order valence-corrected chi connectivity index (χ2v) is 2.63. The SMILES string of the molecule is O=c1[nH]cnc(-n2ccnc2)c1[N+](=O)[O-]. The van der Waals surface area contributed by atoms with Crippen LogP contribution in [0, 0.1) is 10.1 Å². The van der Waals surface area contributed by atoms with E-state index in [9.17, 15) is 14.9 Å². The van der Waals surface area contributed by atoms with E-state index >= 15 is 0 Å². The number of nitrogens with one attached hydrogen (secondary N) is 1. The fourth-order valence-electron chi connectivity index (χ4n) is 1.12. The predicted octanol–water partition coefficient (Wildman–Crippen LogP) is -0.136. The van der Waals surface area contributed by atoms with Crippen molar-refractivity contribution in [1.29, 1.82) is 0 Å². The van der Waals surface area contributed by atoms with Crippen LogP contribution >= 0.6 is 0 Å². The number of nitrogens with zero attached hydrogens (tertiary/aromatic N) is 4. The van der Waals surface area contributed by atoms with Gasteiger partial charge in [0.1, 0.15) is 6.33 Å². The Kier molecular flexibility index (Phi) is 2.01. The molecule has 0 unspecified atom stereocenters. The summed E-state index contributed by atoms with van der Waals surface area (Å²) in [7, 11) is 0. The van der Waals surface area contributed by atoms with Crippen molar-refractivity contribution in [3.05, 3.63) is 45.5 Å². The minimum atomic E-state index is -0.793. The average Bonchev–Trinajstić information content (AvgIpc) is 2.69. The third-order valence-corrected chi connectivity index (χ3v) is 1.74. The van der Waals surface area contributed by atoms with E-state index in [4.69, 9.17) is 0 Å². The van der Waals surface area contributed by atoms with E-state index in [2.05, 4.69) is 15.0 Å². The lowest BCUT2D eigenvalue weighted by molar-refractivity contribution is -0.386. The van der Waals surface area contributed by atoms with E-state index < -0.39 is 16.2 Å². The maximum absolute atomic E-state index is 11.2. The van der Waals surface area contributed by atoms with E-state index in [1.807, 2.05) is 0 Å². The number of hydrogen-bond donors (Lipinski definition) is 1. The minimum absolute atomic E-state index is 0.0544. The van der Waals surface area contributed by atoms with Crippen LogP contribution in [0.3, 0.4) is 0 Å². The Hall–Kier alpha value is -2.51. The number of aromatic nitrogens is 4. The molecular weight excluding hydrogens is 202 g/mol. The Labute approximate surface area is 82.4 Å². The number of aromatic amines is 1. The van der Waals surface area contributed by atoms with E-state index in [0.717, 1.165) is 6.33 Å². The van der Waals surface area contributed by atoms with Gasteiger partial charge in [0, 0.05) is 12.4 Å². The molecule has 15 heavy (non-hydrogen) atoms. The van der Waals surface area contributed by atoms with Gasteiger partial charge >= 0.3 is 11.2 Å². The summed E-state index contributed by atoms with van der Waals surface area (Å²) in [5, 5.41) is 10.6. The highest BCUT2D eigenvalue weighted by atomic mass is 16.6. The molecule has 1 N–H and O–H groups in total. The summed E-state index contributed by atoms with van der Waals surface area (Å²) < 4.78 is 1.30. The number of rotatable bonds is 2. The van der Waals surface area contributed by atoms with Gasteiger partial charge in [-0.15, -0.1) is 0 Å². The van der Waals surface area contributed by atoms with Crippen LogP contribution in [0.2, 0.25) is 0 Å². The molecule has 2 rings (SSSR count). The maximum Gasteiger partial charge on any atom is 0.376 e. The van der Waals surface area contributed by atoms with Crippen LogP contribution in [0.15, 0.2) is 29.8 Å². The summed E-state index contributed by atoms with van der Waals surface area (Å²) in [5.74, 6) is -0.0544. The highest BCUT2D eigenvalue weighted by molar-refractivity contribution is 5.43. The lowest BCUT2D eigenvalue weighted by Crippen LogP contribution is -2.15. The van der Waals surface area contributed by atoms with Crippen molar-refractivity contribution in [3.63, 3.8) is 0 Å². The van der Waals surface area contributed by atoms with Crippen molar-refractivity contribution in [1.82, 2.24) is 19.5 Å². The van der Waals surface area contributed by atoms with Gasteiger partial charge in [-0.05, 0) is 0 Å². The van der Waals surface area contributed by atoms with Crippen LogP contribution in [0.1, 0.15) is 0 Å². The molecule has 0 aliphatic rings. The summed E-state index contributed by atoms with van der Waals surface area (Å²) in [6.07, 6.45) is 5.33. The lowest BCUT2D eigenvalue weighted by atomic mass is 10.4. The fourth-order valence-corrected chi connectivity index (χ4v) is 1.12. The van der Waals surface area contributed by atoms with Crippen LogP contribution < -0.4 is 5.56 Å². The van der Waals surface area contributed by atoms with Crippen molar-refractivity contribution in [2.24, 2.45) is 0 Å². The molecule has 0 saturated heterocycles. The molecule has 2 aromatic heterocycles. The molecular formula is C7H5N5O3. The molecule has 0 amide bonds.